The van der Waals surface area contributed by atoms with Crippen LogP contribution in [-0.4, -0.2) is 30.0 Å². The molecule has 0 aliphatic rings. The first-order valence-corrected chi connectivity index (χ1v) is 7.07. The maximum atomic E-state index is 12.9. The molecule has 0 unspecified atom stereocenters. The summed E-state index contributed by atoms with van der Waals surface area (Å²) in [5, 5.41) is 4.44. The van der Waals surface area contributed by atoms with Gasteiger partial charge < -0.3 is 10.1 Å². The molecule has 22 heavy (non-hydrogen) atoms. The van der Waals surface area contributed by atoms with E-state index in [2.05, 4.69) is 16.2 Å². The Morgan fingerprint density at radius 3 is 2.77 bits per heavy atom. The molecule has 1 aromatic heterocycles. The summed E-state index contributed by atoms with van der Waals surface area (Å²) in [7, 11) is 0. The van der Waals surface area contributed by atoms with Crippen LogP contribution in [0.4, 0.5) is 4.39 Å². The molecule has 0 saturated carbocycles. The van der Waals surface area contributed by atoms with E-state index in [1.54, 1.807) is 12.1 Å². The Balaban J connectivity index is 1.96. The molecule has 112 valence electrons. The number of halogens is 1. The van der Waals surface area contributed by atoms with Crippen molar-refractivity contribution in [3.63, 3.8) is 0 Å². The van der Waals surface area contributed by atoms with Gasteiger partial charge in [-0.1, -0.05) is 5.92 Å². The van der Waals surface area contributed by atoms with Crippen LogP contribution in [0, 0.1) is 18.2 Å². The molecule has 0 aliphatic carbocycles. The second-order valence-electron chi connectivity index (χ2n) is 4.10. The fourth-order valence-corrected chi connectivity index (χ4v) is 2.29. The number of nitrogens with one attached hydrogen (secondary N) is 1. The molecule has 2 rings (SSSR count). The first-order chi connectivity index (χ1) is 10.6. The first kappa shape index (κ1) is 15.7. The fourth-order valence-electron chi connectivity index (χ4n) is 1.50. The molecule has 0 atom stereocenters. The van der Waals surface area contributed by atoms with Gasteiger partial charge in [-0.2, -0.15) is 0 Å². The number of carbonyl (C=O) groups is 2. The normalized spacial score (nSPS) is 9.82. The van der Waals surface area contributed by atoms with Gasteiger partial charge in [0.2, 0.25) is 0 Å². The van der Waals surface area contributed by atoms with Crippen molar-refractivity contribution >= 4 is 23.2 Å². The van der Waals surface area contributed by atoms with Crippen LogP contribution < -0.4 is 5.32 Å². The summed E-state index contributed by atoms with van der Waals surface area (Å²) in [5.41, 5.74) is 0.784. The van der Waals surface area contributed by atoms with Gasteiger partial charge in [0.25, 0.3) is 5.91 Å². The van der Waals surface area contributed by atoms with Crippen LogP contribution in [0.2, 0.25) is 0 Å². The minimum absolute atomic E-state index is 0.0712. The topological polar surface area (TPSA) is 68.3 Å². The molecule has 2 aromatic rings. The number of terminal acetylenes is 1. The van der Waals surface area contributed by atoms with Gasteiger partial charge in [0.1, 0.15) is 10.8 Å². The minimum Gasteiger partial charge on any atom is -0.451 e. The Labute approximate surface area is 130 Å². The molecule has 1 heterocycles. The standard InChI is InChI=1S/C15H11FN2O3S/c1-2-7-17-13(19)8-21-15(20)12-9-22-14(18-12)10-3-5-11(16)6-4-10/h1,3-6,9H,7-8H2,(H,17,19). The van der Waals surface area contributed by atoms with Crippen LogP contribution in [0.1, 0.15) is 10.5 Å². The lowest BCUT2D eigenvalue weighted by Crippen LogP contribution is -2.29. The third kappa shape index (κ3) is 4.14. The van der Waals surface area contributed by atoms with Crippen molar-refractivity contribution in [3.8, 4) is 22.9 Å². The second-order valence-corrected chi connectivity index (χ2v) is 4.96. The Morgan fingerprint density at radius 1 is 1.36 bits per heavy atom. The van der Waals surface area contributed by atoms with Crippen LogP contribution >= 0.6 is 11.3 Å². The molecule has 1 aromatic carbocycles. The Hall–Kier alpha value is -2.72. The summed E-state index contributed by atoms with van der Waals surface area (Å²) in [5.74, 6) is 0.691. The van der Waals surface area contributed by atoms with Gasteiger partial charge in [-0.25, -0.2) is 14.2 Å². The van der Waals surface area contributed by atoms with E-state index in [-0.39, 0.29) is 18.1 Å². The lowest BCUT2D eigenvalue weighted by atomic mass is 10.2. The highest BCUT2D eigenvalue weighted by Crippen LogP contribution is 2.24. The lowest BCUT2D eigenvalue weighted by Gasteiger charge is -2.02. The second kappa shape index (κ2) is 7.33. The predicted molar refractivity (Wildman–Crippen MR) is 79.6 cm³/mol. The lowest BCUT2D eigenvalue weighted by molar-refractivity contribution is -0.123. The molecule has 0 spiro atoms. The number of esters is 1. The number of aromatic nitrogens is 1. The fraction of sp³-hybridized carbons (Fsp3) is 0.133. The number of hydrogen-bond acceptors (Lipinski definition) is 5. The highest BCUT2D eigenvalue weighted by Gasteiger charge is 2.14. The van der Waals surface area contributed by atoms with E-state index < -0.39 is 18.5 Å². The van der Waals surface area contributed by atoms with Crippen LogP contribution in [-0.2, 0) is 9.53 Å². The molecule has 0 saturated heterocycles. The minimum atomic E-state index is -0.708. The molecule has 0 bridgehead atoms. The largest absolute Gasteiger partial charge is 0.451 e. The van der Waals surface area contributed by atoms with Crippen molar-refractivity contribution in [1.82, 2.24) is 10.3 Å². The third-order valence-electron chi connectivity index (χ3n) is 2.53. The zero-order valence-electron chi connectivity index (χ0n) is 11.3. The molecule has 0 fully saturated rings. The van der Waals surface area contributed by atoms with E-state index in [1.165, 1.54) is 28.8 Å². The van der Waals surface area contributed by atoms with Gasteiger partial charge in [0.15, 0.2) is 12.3 Å². The van der Waals surface area contributed by atoms with Gasteiger partial charge in [-0.05, 0) is 24.3 Å². The summed E-state index contributed by atoms with van der Waals surface area (Å²) in [6, 6.07) is 5.75. The Morgan fingerprint density at radius 2 is 2.09 bits per heavy atom. The van der Waals surface area contributed by atoms with Gasteiger partial charge >= 0.3 is 5.97 Å². The summed E-state index contributed by atoms with van der Waals surface area (Å²) in [6.45, 7) is -0.355. The zero-order valence-corrected chi connectivity index (χ0v) is 12.2. The third-order valence-corrected chi connectivity index (χ3v) is 3.42. The number of carbonyl (C=O) groups excluding carboxylic acids is 2. The van der Waals surface area contributed by atoms with Gasteiger partial charge in [-0.3, -0.25) is 4.79 Å². The van der Waals surface area contributed by atoms with Crippen LogP contribution in [0.5, 0.6) is 0 Å². The zero-order chi connectivity index (χ0) is 15.9. The maximum Gasteiger partial charge on any atom is 0.358 e. The number of ether oxygens (including phenoxy) is 1. The van der Waals surface area contributed by atoms with Crippen LogP contribution in [0.3, 0.4) is 0 Å². The number of rotatable bonds is 5. The van der Waals surface area contributed by atoms with Gasteiger partial charge in [-0.15, -0.1) is 17.8 Å². The van der Waals surface area contributed by atoms with Crippen molar-refractivity contribution < 1.29 is 18.7 Å². The average molecular weight is 318 g/mol. The van der Waals surface area contributed by atoms with E-state index in [0.29, 0.717) is 10.6 Å². The number of thiazole rings is 1. The Bertz CT molecular complexity index is 719. The maximum absolute atomic E-state index is 12.9. The summed E-state index contributed by atoms with van der Waals surface area (Å²) >= 11 is 1.22. The van der Waals surface area contributed by atoms with Crippen molar-refractivity contribution in [2.75, 3.05) is 13.2 Å². The van der Waals surface area contributed by atoms with E-state index >= 15 is 0 Å². The predicted octanol–water partition coefficient (Wildman–Crippen LogP) is 1.86. The molecular weight excluding hydrogens is 307 g/mol. The number of hydrogen-bond donors (Lipinski definition) is 1. The van der Waals surface area contributed by atoms with Crippen molar-refractivity contribution in [2.45, 2.75) is 0 Å². The molecule has 7 heteroatoms. The highest BCUT2D eigenvalue weighted by atomic mass is 32.1. The molecule has 5 nitrogen and oxygen atoms in total. The van der Waals surface area contributed by atoms with Crippen LogP contribution in [0.25, 0.3) is 10.6 Å². The van der Waals surface area contributed by atoms with Crippen molar-refractivity contribution in [1.29, 1.82) is 0 Å². The quantitative estimate of drug-likeness (QED) is 0.675. The Kier molecular flexibility index (Phi) is 5.22. The highest BCUT2D eigenvalue weighted by molar-refractivity contribution is 7.13. The average Bonchev–Trinajstić information content (AvgIpc) is 3.01. The van der Waals surface area contributed by atoms with Crippen molar-refractivity contribution in [2.24, 2.45) is 0 Å². The summed E-state index contributed by atoms with van der Waals surface area (Å²) in [4.78, 5) is 27.1. The summed E-state index contributed by atoms with van der Waals surface area (Å²) < 4.78 is 17.7. The van der Waals surface area contributed by atoms with Gasteiger partial charge in [0.05, 0.1) is 6.54 Å². The molecule has 0 aliphatic heterocycles. The van der Waals surface area contributed by atoms with Crippen LogP contribution in [0.15, 0.2) is 29.6 Å². The molecule has 1 amide bonds. The molecule has 0 radical (unpaired) electrons. The van der Waals surface area contributed by atoms with E-state index in [0.717, 1.165) is 0 Å². The number of amides is 1. The first-order valence-electron chi connectivity index (χ1n) is 6.19. The number of benzene rings is 1. The van der Waals surface area contributed by atoms with Gasteiger partial charge in [0, 0.05) is 10.9 Å². The SMILES string of the molecule is C#CCNC(=O)COC(=O)c1csc(-c2ccc(F)cc2)n1. The molecule has 1 N–H and O–H groups in total. The van der Waals surface area contributed by atoms with E-state index in [1.807, 2.05) is 0 Å². The smallest absolute Gasteiger partial charge is 0.358 e. The molecular formula is C15H11FN2O3S. The number of nitrogens with zero attached hydrogens (tertiary/aromatic N) is 1. The van der Waals surface area contributed by atoms with Crippen molar-refractivity contribution in [3.05, 3.63) is 41.2 Å². The summed E-state index contributed by atoms with van der Waals surface area (Å²) in [6.07, 6.45) is 4.99. The van der Waals surface area contributed by atoms with E-state index in [4.69, 9.17) is 11.2 Å². The monoisotopic (exact) mass is 318 g/mol. The van der Waals surface area contributed by atoms with E-state index in [9.17, 15) is 14.0 Å².